The van der Waals surface area contributed by atoms with Crippen molar-refractivity contribution in [2.75, 3.05) is 13.2 Å². The van der Waals surface area contributed by atoms with E-state index in [1.54, 1.807) is 0 Å². The van der Waals surface area contributed by atoms with Crippen LogP contribution in [-0.4, -0.2) is 52.0 Å². The van der Waals surface area contributed by atoms with Gasteiger partial charge in [-0.1, -0.05) is 19.6 Å². The average Bonchev–Trinajstić information content (AvgIpc) is 2.53. The van der Waals surface area contributed by atoms with E-state index in [4.69, 9.17) is 9.47 Å². The second-order valence-electron chi connectivity index (χ2n) is 8.02. The van der Waals surface area contributed by atoms with Crippen molar-refractivity contribution in [3.63, 3.8) is 0 Å². The smallest absolute Gasteiger partial charge is 0.790 e. The molecule has 1 saturated heterocycles. The van der Waals surface area contributed by atoms with Gasteiger partial charge in [-0.2, -0.15) is 0 Å². The molecule has 1 heterocycles. The topological polar surface area (TPSA) is 308 Å². The Kier molecular flexibility index (Phi) is 48.8. The zero-order chi connectivity index (χ0) is 26.8. The van der Waals surface area contributed by atoms with E-state index in [0.29, 0.717) is 6.04 Å². The van der Waals surface area contributed by atoms with E-state index < -0.39 is 76.7 Å². The SMILES string of the molecule is C[Si](C)(C)CCO[C@@H]1O[C@H](COP(=O)([O-])[O-])[C@H](OP(=O)([O-])[O-])[C@H](OP(=O)([O-])[O-])[C@H]1OP(=O)([O-])[O-].[Na+].[Na+].[Na+].[Na+].[Na+].[Na+].[Na+].[Na+]. The standard InChI is InChI=1S/C11H28O18P4Si.8Na/c1-34(2,3)5-4-24-11-10(29-33(21,22)23)9(28-32(18,19)20)8(27-31(15,16)17)7(26-11)6-25-30(12,13)14;;;;;;;;/h7-11H,4-6H2,1-3H3,(H2,12,13,14)(H2,15,16,17)(H2,18,19,20)(H2,21,22,23);;;;;;;;/q;8*+1/p-8/t7-,8+,9+,10-,11-;;;;;;;;/m1......../s1. The molecule has 0 aromatic carbocycles. The van der Waals surface area contributed by atoms with Crippen molar-refractivity contribution in [2.24, 2.45) is 0 Å². The van der Waals surface area contributed by atoms with Crippen LogP contribution in [0.1, 0.15) is 0 Å². The van der Waals surface area contributed by atoms with Gasteiger partial charge >= 0.3 is 236 Å². The summed E-state index contributed by atoms with van der Waals surface area (Å²) < 4.78 is 71.1. The minimum Gasteiger partial charge on any atom is -0.790 e. The maximum Gasteiger partial charge on any atom is 1.00 e. The van der Waals surface area contributed by atoms with Crippen LogP contribution in [0.5, 0.6) is 0 Å². The fourth-order valence-electron chi connectivity index (χ4n) is 2.60. The van der Waals surface area contributed by atoms with E-state index in [1.807, 2.05) is 19.6 Å². The van der Waals surface area contributed by atoms with Crippen LogP contribution >= 0.6 is 31.3 Å². The van der Waals surface area contributed by atoms with Crippen molar-refractivity contribution in [1.29, 1.82) is 0 Å². The van der Waals surface area contributed by atoms with Gasteiger partial charge in [-0.05, 0) is 6.04 Å². The molecule has 0 saturated carbocycles. The van der Waals surface area contributed by atoms with Crippen LogP contribution < -0.4 is 276 Å². The molecule has 0 aromatic rings. The van der Waals surface area contributed by atoms with E-state index in [9.17, 15) is 57.4 Å². The fourth-order valence-corrected chi connectivity index (χ4v) is 5.27. The number of rotatable bonds is 13. The second-order valence-corrected chi connectivity index (χ2v) is 18.1. The minimum absolute atomic E-state index is 0. The molecule has 0 amide bonds. The molecule has 0 bridgehead atoms. The molecule has 42 heavy (non-hydrogen) atoms. The number of ether oxygens (including phenoxy) is 2. The summed E-state index contributed by atoms with van der Waals surface area (Å²) in [7, 11) is -26.0. The summed E-state index contributed by atoms with van der Waals surface area (Å²) >= 11 is 0. The van der Waals surface area contributed by atoms with Crippen molar-refractivity contribution in [1.82, 2.24) is 0 Å². The molecule has 1 aliphatic rings. The van der Waals surface area contributed by atoms with Gasteiger partial charge < -0.3 is 85.0 Å². The molecule has 5 atom stereocenters. The molecule has 0 aromatic heterocycles. The van der Waals surface area contributed by atoms with Crippen molar-refractivity contribution in [3.8, 4) is 0 Å². The molecular formula is C11H20Na8O18P4Si. The number of hydrogen-bond acceptors (Lipinski definition) is 18. The van der Waals surface area contributed by atoms with Gasteiger partial charge in [0.2, 0.25) is 0 Å². The molecule has 204 valence electrons. The molecule has 31 heteroatoms. The van der Waals surface area contributed by atoms with Crippen molar-refractivity contribution in [3.05, 3.63) is 0 Å². The fraction of sp³-hybridized carbons (Fsp3) is 1.00. The molecule has 18 nitrogen and oxygen atoms in total. The minimum atomic E-state index is -6.17. The van der Waals surface area contributed by atoms with Gasteiger partial charge in [-0.3, -0.25) is 0 Å². The van der Waals surface area contributed by atoms with Gasteiger partial charge in [-0.15, -0.1) is 0 Å². The monoisotopic (exact) mass is 776 g/mol. The molecular weight excluding hydrogens is 756 g/mol. The van der Waals surface area contributed by atoms with Gasteiger partial charge in [0.15, 0.2) is 6.29 Å². The van der Waals surface area contributed by atoms with Gasteiger partial charge in [-0.25, -0.2) is 0 Å². The van der Waals surface area contributed by atoms with Crippen LogP contribution in [0, 0.1) is 0 Å². The Hall–Kier alpha value is 8.58. The predicted octanol–water partition coefficient (Wildman–Crippen LogP) is -29.4. The van der Waals surface area contributed by atoms with Crippen LogP contribution in [0.2, 0.25) is 25.7 Å². The van der Waals surface area contributed by atoms with E-state index in [1.165, 1.54) is 0 Å². The number of phosphoric acid groups is 4. The first-order valence-electron chi connectivity index (χ1n) is 9.01. The Morgan fingerprint density at radius 2 is 0.952 bits per heavy atom. The maximum atomic E-state index is 11.2. The first-order chi connectivity index (χ1) is 15.0. The third kappa shape index (κ3) is 34.4. The summed E-state index contributed by atoms with van der Waals surface area (Å²) in [5, 5.41) is 0. The Morgan fingerprint density at radius 1 is 0.595 bits per heavy atom. The predicted molar refractivity (Wildman–Crippen MR) is 93.8 cm³/mol. The normalized spacial score (nSPS) is 22.4. The van der Waals surface area contributed by atoms with Crippen molar-refractivity contribution in [2.45, 2.75) is 56.4 Å². The molecule has 0 aliphatic carbocycles. The molecule has 0 spiro atoms. The molecule has 0 radical (unpaired) electrons. The maximum absolute atomic E-state index is 11.2. The van der Waals surface area contributed by atoms with Crippen molar-refractivity contribution < 1.29 is 321 Å². The van der Waals surface area contributed by atoms with Crippen LogP contribution in [0.15, 0.2) is 0 Å². The Bertz CT molecular complexity index is 882. The third-order valence-corrected chi connectivity index (χ3v) is 7.55. The number of phosphoric ester groups is 4. The summed E-state index contributed by atoms with van der Waals surface area (Å²) in [4.78, 5) is 88.9. The largest absolute Gasteiger partial charge is 1.00 e. The Balaban J connectivity index is -0.000000241. The summed E-state index contributed by atoms with van der Waals surface area (Å²) in [5.41, 5.74) is 0. The molecule has 0 unspecified atom stereocenters. The van der Waals surface area contributed by atoms with Crippen molar-refractivity contribution >= 4 is 39.4 Å². The van der Waals surface area contributed by atoms with Gasteiger partial charge in [0.25, 0.3) is 0 Å². The molecule has 0 N–H and O–H groups in total. The summed E-state index contributed by atoms with van der Waals surface area (Å²) in [6, 6.07) is 0.354. The summed E-state index contributed by atoms with van der Waals surface area (Å²) in [6.07, 6.45) is -12.2. The molecule has 1 aliphatic heterocycles. The van der Waals surface area contributed by atoms with E-state index in [0.717, 1.165) is 0 Å². The van der Waals surface area contributed by atoms with Gasteiger partial charge in [0, 0.05) is 14.7 Å². The van der Waals surface area contributed by atoms with Gasteiger partial charge in [0.05, 0.1) is 37.9 Å². The second kappa shape index (κ2) is 29.9. The van der Waals surface area contributed by atoms with E-state index in [2.05, 4.69) is 18.1 Å². The van der Waals surface area contributed by atoms with E-state index >= 15 is 0 Å². The first kappa shape index (κ1) is 68.6. The zero-order valence-corrected chi connectivity index (χ0v) is 46.2. The summed E-state index contributed by atoms with van der Waals surface area (Å²) in [6.45, 7) is 3.97. The third-order valence-electron chi connectivity index (χ3n) is 3.87. The zero-order valence-electron chi connectivity index (χ0n) is 25.6. The Labute approximate surface area is 421 Å². The van der Waals surface area contributed by atoms with E-state index in [-0.39, 0.29) is 243 Å². The molecule has 1 fully saturated rings. The van der Waals surface area contributed by atoms with Crippen LogP contribution in [0.3, 0.4) is 0 Å². The molecule has 1 rings (SSSR count). The van der Waals surface area contributed by atoms with Crippen LogP contribution in [0.4, 0.5) is 0 Å². The summed E-state index contributed by atoms with van der Waals surface area (Å²) in [5.74, 6) is 0. The first-order valence-corrected chi connectivity index (χ1v) is 18.6. The van der Waals surface area contributed by atoms with Crippen LogP contribution in [0.25, 0.3) is 0 Å². The number of hydrogen-bond donors (Lipinski definition) is 0. The van der Waals surface area contributed by atoms with Gasteiger partial charge in [0.1, 0.15) is 24.4 Å². The Morgan fingerprint density at radius 3 is 1.29 bits per heavy atom. The van der Waals surface area contributed by atoms with Crippen LogP contribution in [-0.2, 0) is 45.8 Å². The quantitative estimate of drug-likeness (QED) is 0.124. The average molecular weight is 776 g/mol.